The number of nitrogens with zero attached hydrogens (tertiary/aromatic N) is 2. The highest BCUT2D eigenvalue weighted by Crippen LogP contribution is 2.19. The molecule has 0 aliphatic carbocycles. The summed E-state index contributed by atoms with van der Waals surface area (Å²) in [6.45, 7) is 5.45. The first-order valence-corrected chi connectivity index (χ1v) is 7.78. The number of hydrogen-bond acceptors (Lipinski definition) is 3. The first-order chi connectivity index (χ1) is 9.15. The molecule has 2 aliphatic heterocycles. The summed E-state index contributed by atoms with van der Waals surface area (Å²) >= 11 is 0. The zero-order valence-corrected chi connectivity index (χ0v) is 12.5. The quantitative estimate of drug-likeness (QED) is 0.831. The molecule has 0 aromatic heterocycles. The Hall–Kier alpha value is -0.610. The third-order valence-corrected chi connectivity index (χ3v) is 4.66. The maximum absolute atomic E-state index is 12.2. The molecular weight excluding hydrogens is 238 g/mol. The van der Waals surface area contributed by atoms with Crippen LogP contribution in [0, 0.1) is 11.8 Å². The Morgan fingerprint density at radius 3 is 2.63 bits per heavy atom. The third-order valence-electron chi connectivity index (χ3n) is 4.66. The lowest BCUT2D eigenvalue weighted by molar-refractivity contribution is -0.131. The van der Waals surface area contributed by atoms with E-state index in [2.05, 4.69) is 17.3 Å². The van der Waals surface area contributed by atoms with Crippen molar-refractivity contribution in [2.45, 2.75) is 32.1 Å². The van der Waals surface area contributed by atoms with Crippen molar-refractivity contribution >= 4 is 5.91 Å². The molecule has 0 aromatic carbocycles. The van der Waals surface area contributed by atoms with Gasteiger partial charge in [-0.1, -0.05) is 0 Å². The van der Waals surface area contributed by atoms with Gasteiger partial charge >= 0.3 is 0 Å². The van der Waals surface area contributed by atoms with Gasteiger partial charge in [-0.2, -0.15) is 0 Å². The molecule has 0 saturated carbocycles. The van der Waals surface area contributed by atoms with Gasteiger partial charge in [0.2, 0.25) is 5.91 Å². The lowest BCUT2D eigenvalue weighted by atomic mass is 9.94. The number of piperidine rings is 2. The fourth-order valence-corrected chi connectivity index (χ4v) is 3.23. The summed E-state index contributed by atoms with van der Waals surface area (Å²) in [5, 5.41) is 3.39. The van der Waals surface area contributed by atoms with Gasteiger partial charge in [0.05, 0.1) is 0 Å². The SMILES string of the molecule is CN1CCC(CN(C)C(=O)CC2CCCNC2)CC1. The summed E-state index contributed by atoms with van der Waals surface area (Å²) in [4.78, 5) is 16.6. The number of likely N-dealkylation sites (tertiary alicyclic amines) is 1. The summed E-state index contributed by atoms with van der Waals surface area (Å²) in [6.07, 6.45) is 5.63. The number of amides is 1. The maximum Gasteiger partial charge on any atom is 0.222 e. The van der Waals surface area contributed by atoms with E-state index in [4.69, 9.17) is 0 Å². The Morgan fingerprint density at radius 2 is 2.00 bits per heavy atom. The van der Waals surface area contributed by atoms with Crippen LogP contribution in [0.25, 0.3) is 0 Å². The maximum atomic E-state index is 12.2. The van der Waals surface area contributed by atoms with Crippen molar-refractivity contribution in [3.05, 3.63) is 0 Å². The smallest absolute Gasteiger partial charge is 0.222 e. The molecule has 110 valence electrons. The molecule has 2 fully saturated rings. The topological polar surface area (TPSA) is 35.6 Å². The second-order valence-corrected chi connectivity index (χ2v) is 6.44. The van der Waals surface area contributed by atoms with Crippen LogP contribution in [-0.2, 0) is 4.79 Å². The Bertz CT molecular complexity index is 281. The normalized spacial score (nSPS) is 26.3. The molecule has 1 unspecified atom stereocenters. The van der Waals surface area contributed by atoms with Gasteiger partial charge in [0, 0.05) is 20.0 Å². The van der Waals surface area contributed by atoms with E-state index < -0.39 is 0 Å². The van der Waals surface area contributed by atoms with Crippen LogP contribution in [-0.4, -0.2) is 62.5 Å². The van der Waals surface area contributed by atoms with Crippen LogP contribution in [0.3, 0.4) is 0 Å². The molecule has 2 rings (SSSR count). The van der Waals surface area contributed by atoms with E-state index in [-0.39, 0.29) is 0 Å². The fraction of sp³-hybridized carbons (Fsp3) is 0.933. The van der Waals surface area contributed by atoms with E-state index in [1.54, 1.807) is 0 Å². The van der Waals surface area contributed by atoms with Crippen LogP contribution in [0.1, 0.15) is 32.1 Å². The molecule has 2 saturated heterocycles. The van der Waals surface area contributed by atoms with Crippen LogP contribution in [0.15, 0.2) is 0 Å². The third kappa shape index (κ3) is 4.77. The average Bonchev–Trinajstić information content (AvgIpc) is 2.42. The van der Waals surface area contributed by atoms with Gasteiger partial charge < -0.3 is 15.1 Å². The van der Waals surface area contributed by atoms with Crippen LogP contribution in [0.5, 0.6) is 0 Å². The van der Waals surface area contributed by atoms with Gasteiger partial charge in [-0.15, -0.1) is 0 Å². The molecule has 0 aromatic rings. The molecule has 0 bridgehead atoms. The van der Waals surface area contributed by atoms with Crippen molar-refractivity contribution in [2.75, 3.05) is 46.8 Å². The molecule has 2 aliphatic rings. The summed E-state index contributed by atoms with van der Waals surface area (Å²) < 4.78 is 0. The minimum Gasteiger partial charge on any atom is -0.345 e. The van der Waals surface area contributed by atoms with Crippen molar-refractivity contribution in [3.8, 4) is 0 Å². The van der Waals surface area contributed by atoms with Crippen molar-refractivity contribution in [3.63, 3.8) is 0 Å². The molecule has 2 heterocycles. The van der Waals surface area contributed by atoms with E-state index in [0.29, 0.717) is 17.7 Å². The highest BCUT2D eigenvalue weighted by molar-refractivity contribution is 5.76. The molecular formula is C15H29N3O. The van der Waals surface area contributed by atoms with Crippen molar-refractivity contribution < 1.29 is 4.79 Å². The van der Waals surface area contributed by atoms with Crippen molar-refractivity contribution in [1.29, 1.82) is 0 Å². The molecule has 0 spiro atoms. The second-order valence-electron chi connectivity index (χ2n) is 6.44. The number of carbonyl (C=O) groups is 1. The minimum absolute atomic E-state index is 0.340. The zero-order chi connectivity index (χ0) is 13.7. The molecule has 19 heavy (non-hydrogen) atoms. The average molecular weight is 267 g/mol. The van der Waals surface area contributed by atoms with Crippen LogP contribution in [0.2, 0.25) is 0 Å². The number of carbonyl (C=O) groups excluding carboxylic acids is 1. The van der Waals surface area contributed by atoms with Gasteiger partial charge in [0.15, 0.2) is 0 Å². The fourth-order valence-electron chi connectivity index (χ4n) is 3.23. The van der Waals surface area contributed by atoms with Crippen molar-refractivity contribution in [1.82, 2.24) is 15.1 Å². The molecule has 4 heteroatoms. The van der Waals surface area contributed by atoms with E-state index in [0.717, 1.165) is 26.1 Å². The predicted molar refractivity (Wildman–Crippen MR) is 78.1 cm³/mol. The minimum atomic E-state index is 0.340. The Labute approximate surface area is 117 Å². The first kappa shape index (κ1) is 14.8. The summed E-state index contributed by atoms with van der Waals surface area (Å²) in [5.41, 5.74) is 0. The van der Waals surface area contributed by atoms with Gasteiger partial charge in [-0.05, 0) is 70.7 Å². The molecule has 4 nitrogen and oxygen atoms in total. The van der Waals surface area contributed by atoms with Crippen LogP contribution < -0.4 is 5.32 Å². The standard InChI is InChI=1S/C15H29N3O/c1-17-8-5-13(6-9-17)12-18(2)15(19)10-14-4-3-7-16-11-14/h13-14,16H,3-12H2,1-2H3. The summed E-state index contributed by atoms with van der Waals surface area (Å²) in [7, 11) is 4.16. The summed E-state index contributed by atoms with van der Waals surface area (Å²) in [5.74, 6) is 1.60. The van der Waals surface area contributed by atoms with Gasteiger partial charge in [-0.3, -0.25) is 4.79 Å². The number of rotatable bonds is 4. The van der Waals surface area contributed by atoms with E-state index >= 15 is 0 Å². The van der Waals surface area contributed by atoms with Crippen LogP contribution in [0.4, 0.5) is 0 Å². The Morgan fingerprint density at radius 1 is 1.26 bits per heavy atom. The van der Waals surface area contributed by atoms with E-state index in [1.165, 1.54) is 38.8 Å². The first-order valence-electron chi connectivity index (χ1n) is 7.78. The largest absolute Gasteiger partial charge is 0.345 e. The Kier molecular flexibility index (Phi) is 5.64. The lowest BCUT2D eigenvalue weighted by Gasteiger charge is -2.32. The zero-order valence-electron chi connectivity index (χ0n) is 12.5. The van der Waals surface area contributed by atoms with Gasteiger partial charge in [-0.25, -0.2) is 0 Å². The lowest BCUT2D eigenvalue weighted by Crippen LogP contribution is -2.39. The van der Waals surface area contributed by atoms with E-state index in [9.17, 15) is 4.79 Å². The van der Waals surface area contributed by atoms with Crippen LogP contribution >= 0.6 is 0 Å². The summed E-state index contributed by atoms with van der Waals surface area (Å²) in [6, 6.07) is 0. The van der Waals surface area contributed by atoms with E-state index in [1.807, 2.05) is 11.9 Å². The Balaban J connectivity index is 1.69. The number of nitrogens with one attached hydrogen (secondary N) is 1. The monoisotopic (exact) mass is 267 g/mol. The molecule has 1 amide bonds. The van der Waals surface area contributed by atoms with Crippen molar-refractivity contribution in [2.24, 2.45) is 11.8 Å². The van der Waals surface area contributed by atoms with Gasteiger partial charge in [0.25, 0.3) is 0 Å². The highest BCUT2D eigenvalue weighted by Gasteiger charge is 2.22. The van der Waals surface area contributed by atoms with Gasteiger partial charge in [0.1, 0.15) is 0 Å². The molecule has 1 atom stereocenters. The predicted octanol–water partition coefficient (Wildman–Crippen LogP) is 1.18. The number of hydrogen-bond donors (Lipinski definition) is 1. The molecule has 0 radical (unpaired) electrons. The highest BCUT2D eigenvalue weighted by atomic mass is 16.2. The molecule has 1 N–H and O–H groups in total. The second kappa shape index (κ2) is 7.25.